The van der Waals surface area contributed by atoms with Crippen LogP contribution in [0.1, 0.15) is 40.5 Å². The standard InChI is InChI=1S/C16H30N2O2/c1-12(2)14-5-7-17(8-6-14)11-16(19)18-9-15(10-18)20-13(3)4/h12-15H,5-11H2,1-4H3. The Morgan fingerprint density at radius 3 is 2.25 bits per heavy atom. The van der Waals surface area contributed by atoms with Gasteiger partial charge in [0.05, 0.1) is 18.8 Å². The van der Waals surface area contributed by atoms with Crippen LogP contribution in [0.25, 0.3) is 0 Å². The van der Waals surface area contributed by atoms with E-state index in [2.05, 4.69) is 18.7 Å². The number of amides is 1. The molecule has 0 N–H and O–H groups in total. The average molecular weight is 282 g/mol. The van der Waals surface area contributed by atoms with Crippen LogP contribution in [0.4, 0.5) is 0 Å². The lowest BCUT2D eigenvalue weighted by atomic mass is 9.87. The van der Waals surface area contributed by atoms with Gasteiger partial charge in [0.2, 0.25) is 5.91 Å². The average Bonchev–Trinajstić information content (AvgIpc) is 2.33. The summed E-state index contributed by atoms with van der Waals surface area (Å²) in [5.74, 6) is 1.89. The summed E-state index contributed by atoms with van der Waals surface area (Å²) in [6.45, 7) is 13.0. The maximum Gasteiger partial charge on any atom is 0.236 e. The predicted molar refractivity (Wildman–Crippen MR) is 80.6 cm³/mol. The lowest BCUT2D eigenvalue weighted by Gasteiger charge is -2.41. The number of hydrogen-bond donors (Lipinski definition) is 0. The first kappa shape index (κ1) is 15.8. The largest absolute Gasteiger partial charge is 0.372 e. The normalized spacial score (nSPS) is 22.6. The van der Waals surface area contributed by atoms with Crippen molar-refractivity contribution in [3.05, 3.63) is 0 Å². The fraction of sp³-hybridized carbons (Fsp3) is 0.938. The summed E-state index contributed by atoms with van der Waals surface area (Å²) < 4.78 is 5.69. The zero-order chi connectivity index (χ0) is 14.7. The van der Waals surface area contributed by atoms with Gasteiger partial charge in [0.15, 0.2) is 0 Å². The summed E-state index contributed by atoms with van der Waals surface area (Å²) >= 11 is 0. The van der Waals surface area contributed by atoms with Gasteiger partial charge in [-0.15, -0.1) is 0 Å². The van der Waals surface area contributed by atoms with Crippen molar-refractivity contribution < 1.29 is 9.53 Å². The summed E-state index contributed by atoms with van der Waals surface area (Å²) in [5.41, 5.74) is 0. The van der Waals surface area contributed by atoms with Crippen LogP contribution in [0.2, 0.25) is 0 Å². The van der Waals surface area contributed by atoms with Crippen LogP contribution in [0.3, 0.4) is 0 Å². The highest BCUT2D eigenvalue weighted by Crippen LogP contribution is 2.24. The van der Waals surface area contributed by atoms with E-state index in [1.165, 1.54) is 12.8 Å². The molecule has 2 fully saturated rings. The van der Waals surface area contributed by atoms with E-state index in [1.807, 2.05) is 18.7 Å². The number of nitrogens with zero attached hydrogens (tertiary/aromatic N) is 2. The van der Waals surface area contributed by atoms with Gasteiger partial charge in [-0.25, -0.2) is 0 Å². The van der Waals surface area contributed by atoms with Crippen molar-refractivity contribution in [3.63, 3.8) is 0 Å². The quantitative estimate of drug-likeness (QED) is 0.773. The molecule has 0 radical (unpaired) electrons. The minimum absolute atomic E-state index is 0.255. The Morgan fingerprint density at radius 2 is 1.75 bits per heavy atom. The Morgan fingerprint density at radius 1 is 1.15 bits per heavy atom. The molecule has 0 aromatic carbocycles. The smallest absolute Gasteiger partial charge is 0.236 e. The number of carbonyl (C=O) groups excluding carboxylic acids is 1. The van der Waals surface area contributed by atoms with E-state index in [9.17, 15) is 4.79 Å². The highest BCUT2D eigenvalue weighted by atomic mass is 16.5. The van der Waals surface area contributed by atoms with Gasteiger partial charge in [-0.05, 0) is 51.6 Å². The Kier molecular flexibility index (Phi) is 5.44. The molecule has 0 bridgehead atoms. The number of piperidine rings is 1. The van der Waals surface area contributed by atoms with Crippen LogP contribution in [0.5, 0.6) is 0 Å². The van der Waals surface area contributed by atoms with Crippen molar-refractivity contribution in [3.8, 4) is 0 Å². The van der Waals surface area contributed by atoms with Crippen molar-refractivity contribution in [2.24, 2.45) is 11.8 Å². The molecule has 2 saturated heterocycles. The summed E-state index contributed by atoms with van der Waals surface area (Å²) in [4.78, 5) is 16.4. The molecule has 0 aromatic heterocycles. The molecule has 2 heterocycles. The predicted octanol–water partition coefficient (Wildman–Crippen LogP) is 1.99. The second-order valence-electron chi connectivity index (χ2n) is 6.96. The number of likely N-dealkylation sites (tertiary alicyclic amines) is 2. The van der Waals surface area contributed by atoms with Gasteiger partial charge in [0.1, 0.15) is 0 Å². The molecule has 4 nitrogen and oxygen atoms in total. The van der Waals surface area contributed by atoms with E-state index in [0.717, 1.165) is 38.0 Å². The molecule has 2 aliphatic heterocycles. The van der Waals surface area contributed by atoms with Crippen LogP contribution in [-0.2, 0) is 9.53 Å². The Balaban J connectivity index is 1.64. The molecule has 1 amide bonds. The van der Waals surface area contributed by atoms with Gasteiger partial charge in [0, 0.05) is 13.1 Å². The monoisotopic (exact) mass is 282 g/mol. The summed E-state index contributed by atoms with van der Waals surface area (Å²) in [5, 5.41) is 0. The van der Waals surface area contributed by atoms with Crippen molar-refractivity contribution in [1.29, 1.82) is 0 Å². The molecule has 4 heteroatoms. The number of rotatable bonds is 5. The third-order valence-corrected chi connectivity index (χ3v) is 4.60. The molecule has 0 atom stereocenters. The molecule has 116 valence electrons. The molecule has 0 aromatic rings. The second-order valence-corrected chi connectivity index (χ2v) is 6.96. The number of carbonyl (C=O) groups is 1. The van der Waals surface area contributed by atoms with Gasteiger partial charge in [-0.3, -0.25) is 9.69 Å². The molecule has 0 saturated carbocycles. The lowest BCUT2D eigenvalue weighted by molar-refractivity contribution is -0.149. The van der Waals surface area contributed by atoms with E-state index in [-0.39, 0.29) is 18.1 Å². The van der Waals surface area contributed by atoms with Crippen LogP contribution in [-0.4, -0.2) is 60.6 Å². The summed E-state index contributed by atoms with van der Waals surface area (Å²) in [7, 11) is 0. The molecular weight excluding hydrogens is 252 g/mol. The van der Waals surface area contributed by atoms with Crippen molar-refractivity contribution in [2.45, 2.75) is 52.7 Å². The molecule has 20 heavy (non-hydrogen) atoms. The van der Waals surface area contributed by atoms with Crippen LogP contribution >= 0.6 is 0 Å². The van der Waals surface area contributed by atoms with Crippen molar-refractivity contribution >= 4 is 5.91 Å². The lowest BCUT2D eigenvalue weighted by Crippen LogP contribution is -2.57. The maximum atomic E-state index is 12.2. The number of hydrogen-bond acceptors (Lipinski definition) is 3. The van der Waals surface area contributed by atoms with E-state index in [1.54, 1.807) is 0 Å². The van der Waals surface area contributed by atoms with Gasteiger partial charge < -0.3 is 9.64 Å². The highest BCUT2D eigenvalue weighted by molar-refractivity contribution is 5.79. The zero-order valence-corrected chi connectivity index (χ0v) is 13.5. The van der Waals surface area contributed by atoms with Crippen LogP contribution < -0.4 is 0 Å². The fourth-order valence-corrected chi connectivity index (χ4v) is 3.18. The van der Waals surface area contributed by atoms with Gasteiger partial charge in [-0.2, -0.15) is 0 Å². The van der Waals surface area contributed by atoms with Crippen LogP contribution in [0, 0.1) is 11.8 Å². The van der Waals surface area contributed by atoms with Crippen LogP contribution in [0.15, 0.2) is 0 Å². The summed E-state index contributed by atoms with van der Waals surface area (Å²) in [6, 6.07) is 0. The van der Waals surface area contributed by atoms with E-state index >= 15 is 0 Å². The van der Waals surface area contributed by atoms with E-state index in [4.69, 9.17) is 4.74 Å². The Labute approximate surface area is 123 Å². The van der Waals surface area contributed by atoms with Gasteiger partial charge in [0.25, 0.3) is 0 Å². The first-order valence-corrected chi connectivity index (χ1v) is 8.11. The Bertz CT molecular complexity index is 316. The van der Waals surface area contributed by atoms with E-state index < -0.39 is 0 Å². The molecule has 2 rings (SSSR count). The van der Waals surface area contributed by atoms with Gasteiger partial charge in [-0.1, -0.05) is 13.8 Å². The topological polar surface area (TPSA) is 32.8 Å². The first-order valence-electron chi connectivity index (χ1n) is 8.11. The molecular formula is C16H30N2O2. The molecule has 2 aliphatic rings. The SMILES string of the molecule is CC(C)OC1CN(C(=O)CN2CCC(C(C)C)CC2)C1. The third-order valence-electron chi connectivity index (χ3n) is 4.60. The zero-order valence-electron chi connectivity index (χ0n) is 13.5. The second kappa shape index (κ2) is 6.90. The maximum absolute atomic E-state index is 12.2. The summed E-state index contributed by atoms with van der Waals surface area (Å²) in [6.07, 6.45) is 2.99. The van der Waals surface area contributed by atoms with Crippen molar-refractivity contribution in [2.75, 3.05) is 32.7 Å². The van der Waals surface area contributed by atoms with Gasteiger partial charge >= 0.3 is 0 Å². The Hall–Kier alpha value is -0.610. The third kappa shape index (κ3) is 4.19. The molecule has 0 spiro atoms. The minimum atomic E-state index is 0.255. The van der Waals surface area contributed by atoms with Crippen molar-refractivity contribution in [1.82, 2.24) is 9.80 Å². The number of ether oxygens (including phenoxy) is 1. The fourth-order valence-electron chi connectivity index (χ4n) is 3.18. The first-order chi connectivity index (χ1) is 9.45. The molecule has 0 aliphatic carbocycles. The molecule has 0 unspecified atom stereocenters. The minimum Gasteiger partial charge on any atom is -0.372 e. The van der Waals surface area contributed by atoms with E-state index in [0.29, 0.717) is 6.54 Å². The highest BCUT2D eigenvalue weighted by Gasteiger charge is 2.33.